The van der Waals surface area contributed by atoms with Crippen LogP contribution in [-0.4, -0.2) is 28.1 Å². The zero-order valence-corrected chi connectivity index (χ0v) is 12.4. The van der Waals surface area contributed by atoms with Crippen molar-refractivity contribution in [3.05, 3.63) is 60.0 Å². The summed E-state index contributed by atoms with van der Waals surface area (Å²) in [6.45, 7) is 2.69. The monoisotopic (exact) mass is 306 g/mol. The summed E-state index contributed by atoms with van der Waals surface area (Å²) in [4.78, 5) is 20.3. The summed E-state index contributed by atoms with van der Waals surface area (Å²) in [6.07, 6.45) is 4.48. The molecule has 0 spiro atoms. The molecule has 1 aliphatic rings. The summed E-state index contributed by atoms with van der Waals surface area (Å²) in [5.41, 5.74) is -0.783. The normalized spacial score (nSPS) is 20.2. The van der Waals surface area contributed by atoms with Gasteiger partial charge >= 0.3 is 0 Å². The van der Waals surface area contributed by atoms with Crippen LogP contribution in [0.25, 0.3) is 0 Å². The molecule has 2 N–H and O–H groups in total. The van der Waals surface area contributed by atoms with E-state index in [9.17, 15) is 14.3 Å². The Morgan fingerprint density at radius 3 is 2.32 bits per heavy atom. The molecule has 4 nitrogen and oxygen atoms in total. The predicted molar refractivity (Wildman–Crippen MR) is 81.0 cm³/mol. The number of Topliss-reactive ketones (excluding diaryl/α,β-unsaturated/α-hetero) is 1. The average molecular weight is 306 g/mol. The second-order valence-electron chi connectivity index (χ2n) is 5.20. The van der Waals surface area contributed by atoms with Gasteiger partial charge in [-0.2, -0.15) is 0 Å². The molecule has 0 fully saturated rings. The van der Waals surface area contributed by atoms with Crippen LogP contribution in [0.15, 0.2) is 54.4 Å². The SMILES string of the molecule is CC(=O)C(c1ccccc1)C(C)(O)C1C=CC=C1F.O=CO. The third-order valence-electron chi connectivity index (χ3n) is 3.61. The number of benzene rings is 1. The maximum atomic E-state index is 13.8. The molecule has 3 atom stereocenters. The van der Waals surface area contributed by atoms with Gasteiger partial charge in [0, 0.05) is 0 Å². The fraction of sp³-hybridized carbons (Fsp3) is 0.294. The molecule has 0 aromatic heterocycles. The second-order valence-corrected chi connectivity index (χ2v) is 5.20. The van der Waals surface area contributed by atoms with E-state index in [2.05, 4.69) is 0 Å². The van der Waals surface area contributed by atoms with Gasteiger partial charge in [-0.25, -0.2) is 4.39 Å². The lowest BCUT2D eigenvalue weighted by Crippen LogP contribution is -2.43. The number of ketones is 1. The van der Waals surface area contributed by atoms with Gasteiger partial charge in [-0.3, -0.25) is 9.59 Å². The lowest BCUT2D eigenvalue weighted by atomic mass is 9.73. The minimum absolute atomic E-state index is 0.177. The van der Waals surface area contributed by atoms with Crippen molar-refractivity contribution in [2.45, 2.75) is 25.4 Å². The highest BCUT2D eigenvalue weighted by Crippen LogP contribution is 2.41. The van der Waals surface area contributed by atoms with E-state index in [1.807, 2.05) is 6.07 Å². The molecule has 1 aromatic rings. The molecule has 0 saturated carbocycles. The Labute approximate surface area is 128 Å². The topological polar surface area (TPSA) is 74.6 Å². The van der Waals surface area contributed by atoms with Gasteiger partial charge in [-0.1, -0.05) is 42.5 Å². The summed E-state index contributed by atoms with van der Waals surface area (Å²) in [7, 11) is 0. The smallest absolute Gasteiger partial charge is 0.290 e. The Kier molecular flexibility index (Phi) is 6.19. The van der Waals surface area contributed by atoms with Gasteiger partial charge in [0.2, 0.25) is 0 Å². The lowest BCUT2D eigenvalue weighted by Gasteiger charge is -2.35. The van der Waals surface area contributed by atoms with Crippen molar-refractivity contribution < 1.29 is 24.2 Å². The molecule has 0 aliphatic heterocycles. The largest absolute Gasteiger partial charge is 0.483 e. The fourth-order valence-electron chi connectivity index (χ4n) is 2.74. The maximum Gasteiger partial charge on any atom is 0.290 e. The summed E-state index contributed by atoms with van der Waals surface area (Å²) >= 11 is 0. The number of carbonyl (C=O) groups excluding carboxylic acids is 1. The molecular formula is C17H19FO4. The van der Waals surface area contributed by atoms with Crippen molar-refractivity contribution in [1.82, 2.24) is 0 Å². The van der Waals surface area contributed by atoms with Crippen LogP contribution >= 0.6 is 0 Å². The van der Waals surface area contributed by atoms with Crippen LogP contribution in [0, 0.1) is 5.92 Å². The molecule has 0 amide bonds. The van der Waals surface area contributed by atoms with Crippen molar-refractivity contribution >= 4 is 12.3 Å². The first-order valence-corrected chi connectivity index (χ1v) is 6.75. The molecular weight excluding hydrogens is 287 g/mol. The molecule has 5 heteroatoms. The molecule has 22 heavy (non-hydrogen) atoms. The van der Waals surface area contributed by atoms with Crippen LogP contribution in [0.5, 0.6) is 0 Å². The van der Waals surface area contributed by atoms with Crippen LogP contribution in [0.4, 0.5) is 4.39 Å². The molecule has 3 unspecified atom stereocenters. The third kappa shape index (κ3) is 3.89. The van der Waals surface area contributed by atoms with Gasteiger partial charge in [0.15, 0.2) is 0 Å². The standard InChI is InChI=1S/C16H17FO2.CH2O2/c1-11(18)15(12-7-4-3-5-8-12)16(2,19)13-9-6-10-14(13)17;2-1-3/h3-10,13,15,19H,1-2H3;1H,(H,2,3). The molecule has 0 radical (unpaired) electrons. The number of allylic oxidation sites excluding steroid dienone is 2. The van der Waals surface area contributed by atoms with Crippen molar-refractivity contribution in [3.63, 3.8) is 0 Å². The first-order chi connectivity index (χ1) is 10.4. The van der Waals surface area contributed by atoms with Crippen molar-refractivity contribution in [2.24, 2.45) is 5.92 Å². The van der Waals surface area contributed by atoms with E-state index in [1.165, 1.54) is 19.9 Å². The third-order valence-corrected chi connectivity index (χ3v) is 3.61. The van der Waals surface area contributed by atoms with Gasteiger partial charge in [0.05, 0.1) is 17.4 Å². The minimum atomic E-state index is -1.49. The van der Waals surface area contributed by atoms with Crippen molar-refractivity contribution in [2.75, 3.05) is 0 Å². The predicted octanol–water partition coefficient (Wildman–Crippen LogP) is 2.85. The molecule has 1 aliphatic carbocycles. The summed E-state index contributed by atoms with van der Waals surface area (Å²) in [6, 6.07) is 9.00. The molecule has 0 heterocycles. The van der Waals surface area contributed by atoms with E-state index in [4.69, 9.17) is 9.90 Å². The van der Waals surface area contributed by atoms with E-state index in [1.54, 1.807) is 36.4 Å². The Bertz CT molecular complexity index is 576. The summed E-state index contributed by atoms with van der Waals surface area (Å²) in [5, 5.41) is 17.6. The second kappa shape index (κ2) is 7.66. The Hall–Kier alpha value is -2.27. The first-order valence-electron chi connectivity index (χ1n) is 6.75. The Morgan fingerprint density at radius 2 is 1.91 bits per heavy atom. The number of rotatable bonds is 4. The quantitative estimate of drug-likeness (QED) is 0.839. The van der Waals surface area contributed by atoms with E-state index in [0.717, 1.165) is 0 Å². The van der Waals surface area contributed by atoms with Gasteiger partial charge in [0.1, 0.15) is 11.6 Å². The number of carbonyl (C=O) groups is 2. The number of hydrogen-bond donors (Lipinski definition) is 2. The minimum Gasteiger partial charge on any atom is -0.483 e. The fourth-order valence-corrected chi connectivity index (χ4v) is 2.74. The van der Waals surface area contributed by atoms with Gasteiger partial charge in [-0.05, 0) is 25.5 Å². The zero-order chi connectivity index (χ0) is 16.8. The summed E-state index contributed by atoms with van der Waals surface area (Å²) < 4.78 is 13.8. The molecule has 118 valence electrons. The van der Waals surface area contributed by atoms with E-state index < -0.39 is 23.3 Å². The van der Waals surface area contributed by atoms with Crippen LogP contribution < -0.4 is 0 Å². The average Bonchev–Trinajstić information content (AvgIpc) is 2.87. The van der Waals surface area contributed by atoms with Gasteiger partial charge in [0.25, 0.3) is 6.47 Å². The van der Waals surface area contributed by atoms with Crippen molar-refractivity contribution in [3.8, 4) is 0 Å². The highest BCUT2D eigenvalue weighted by molar-refractivity contribution is 5.85. The lowest BCUT2D eigenvalue weighted by molar-refractivity contribution is -0.125. The van der Waals surface area contributed by atoms with Crippen molar-refractivity contribution in [1.29, 1.82) is 0 Å². The Balaban J connectivity index is 0.000000745. The van der Waals surface area contributed by atoms with E-state index >= 15 is 0 Å². The highest BCUT2D eigenvalue weighted by atomic mass is 19.1. The number of halogens is 1. The number of hydrogen-bond acceptors (Lipinski definition) is 3. The molecule has 2 rings (SSSR count). The zero-order valence-electron chi connectivity index (χ0n) is 12.4. The molecule has 1 aromatic carbocycles. The summed E-state index contributed by atoms with van der Waals surface area (Å²) in [5.74, 6) is -2.11. The van der Waals surface area contributed by atoms with Gasteiger partial charge in [-0.15, -0.1) is 0 Å². The highest BCUT2D eigenvalue weighted by Gasteiger charge is 2.44. The van der Waals surface area contributed by atoms with Crippen LogP contribution in [0.3, 0.4) is 0 Å². The van der Waals surface area contributed by atoms with E-state index in [-0.39, 0.29) is 12.3 Å². The van der Waals surface area contributed by atoms with Gasteiger partial charge < -0.3 is 10.2 Å². The first kappa shape index (κ1) is 17.8. The number of aliphatic hydroxyl groups is 1. The molecule has 0 saturated heterocycles. The van der Waals surface area contributed by atoms with Crippen LogP contribution in [-0.2, 0) is 9.59 Å². The number of carboxylic acid groups (broad SMARTS) is 1. The van der Waals surface area contributed by atoms with E-state index in [0.29, 0.717) is 5.56 Å². The Morgan fingerprint density at radius 1 is 1.36 bits per heavy atom. The van der Waals surface area contributed by atoms with Crippen LogP contribution in [0.1, 0.15) is 25.3 Å². The molecule has 0 bridgehead atoms. The van der Waals surface area contributed by atoms with Crippen LogP contribution in [0.2, 0.25) is 0 Å². The maximum absolute atomic E-state index is 13.8.